The van der Waals surface area contributed by atoms with Crippen molar-refractivity contribution in [2.45, 2.75) is 37.4 Å². The predicted octanol–water partition coefficient (Wildman–Crippen LogP) is 2.11. The Kier molecular flexibility index (Phi) is 7.13. The van der Waals surface area contributed by atoms with Crippen LogP contribution in [0.25, 0.3) is 0 Å². The third-order valence-electron chi connectivity index (χ3n) is 9.32. The Morgan fingerprint density at radius 2 is 1.65 bits per heavy atom. The largest absolute Gasteiger partial charge is 0.457 e. The van der Waals surface area contributed by atoms with Crippen molar-refractivity contribution >= 4 is 5.91 Å². The molecule has 5 aliphatic heterocycles. The van der Waals surface area contributed by atoms with Crippen molar-refractivity contribution in [2.24, 2.45) is 11.7 Å². The number of nitrogens with zero attached hydrogens (tertiary/aromatic N) is 4. The molecule has 0 radical (unpaired) electrons. The van der Waals surface area contributed by atoms with E-state index in [-0.39, 0.29) is 11.9 Å². The minimum atomic E-state index is -0.347. The van der Waals surface area contributed by atoms with Gasteiger partial charge in [0.05, 0.1) is 11.6 Å². The maximum atomic E-state index is 12.9. The first-order valence-electron chi connectivity index (χ1n) is 15.0. The van der Waals surface area contributed by atoms with Gasteiger partial charge in [-0.3, -0.25) is 19.6 Å². The average molecular weight is 544 g/mol. The summed E-state index contributed by atoms with van der Waals surface area (Å²) in [6.45, 7) is 9.99. The molecule has 5 aliphatic rings. The van der Waals surface area contributed by atoms with E-state index in [1.165, 1.54) is 32.7 Å². The van der Waals surface area contributed by atoms with Crippen molar-refractivity contribution in [3.05, 3.63) is 71.6 Å². The van der Waals surface area contributed by atoms with Crippen molar-refractivity contribution < 1.29 is 9.53 Å². The number of nitrogens with one attached hydrogen (secondary N) is 2. The van der Waals surface area contributed by atoms with Crippen LogP contribution in [0.5, 0.6) is 11.5 Å². The molecule has 1 atom stereocenters. The number of rotatable bonds is 8. The third-order valence-corrected chi connectivity index (χ3v) is 9.32. The lowest BCUT2D eigenvalue weighted by Crippen LogP contribution is -2.64. The van der Waals surface area contributed by atoms with Crippen LogP contribution < -0.4 is 21.1 Å². The number of hydrazine groups is 1. The van der Waals surface area contributed by atoms with Crippen LogP contribution in [0.4, 0.5) is 0 Å². The first-order chi connectivity index (χ1) is 19.6. The molecule has 5 heterocycles. The quantitative estimate of drug-likeness (QED) is 0.467. The molecular formula is C31H41N7O2. The first-order valence-corrected chi connectivity index (χ1v) is 15.0. The lowest BCUT2D eigenvalue weighted by atomic mass is 9.93. The van der Waals surface area contributed by atoms with Crippen LogP contribution in [0.2, 0.25) is 0 Å². The number of carbonyl (C=O) groups is 1. The van der Waals surface area contributed by atoms with Gasteiger partial charge in [0.1, 0.15) is 17.3 Å². The summed E-state index contributed by atoms with van der Waals surface area (Å²) < 4.78 is 6.04. The molecule has 0 bridgehead atoms. The van der Waals surface area contributed by atoms with Gasteiger partial charge in [-0.2, -0.15) is 0 Å². The van der Waals surface area contributed by atoms with Crippen LogP contribution in [-0.4, -0.2) is 96.7 Å². The summed E-state index contributed by atoms with van der Waals surface area (Å²) in [5.74, 6) is 2.98. The highest BCUT2D eigenvalue weighted by Gasteiger charge is 2.47. The summed E-state index contributed by atoms with van der Waals surface area (Å²) in [6, 6.07) is 18.8. The van der Waals surface area contributed by atoms with E-state index in [9.17, 15) is 4.79 Å². The van der Waals surface area contributed by atoms with Gasteiger partial charge in [0.2, 0.25) is 5.91 Å². The van der Waals surface area contributed by atoms with E-state index in [0.717, 1.165) is 74.2 Å². The SMILES string of the molecule is NC(=O)C1=C2NCCCN2N(C2CCN(C3CN(CC4CNC4)C3)CC2)C1c1ccc(Oc2ccccc2)cc1. The summed E-state index contributed by atoms with van der Waals surface area (Å²) in [5.41, 5.74) is 7.82. The Hall–Kier alpha value is -3.11. The smallest absolute Gasteiger partial charge is 0.250 e. The molecule has 0 aromatic heterocycles. The standard InChI is InChI=1S/C31H41N7O2/c32-30(39)28-29(23-7-9-27(10-8-23)40-26-5-2-1-3-6-26)38(37-14-4-13-34-31(28)37)24-11-15-36(16-12-24)25-20-35(21-25)19-22-17-33-18-22/h1-3,5-10,22,24-25,29,33-34H,4,11-21H2,(H2,32,39). The van der Waals surface area contributed by atoms with Crippen LogP contribution >= 0.6 is 0 Å². The lowest BCUT2D eigenvalue weighted by Gasteiger charge is -2.51. The van der Waals surface area contributed by atoms with Gasteiger partial charge >= 0.3 is 0 Å². The number of benzene rings is 2. The molecule has 2 aromatic carbocycles. The second-order valence-corrected chi connectivity index (χ2v) is 12.0. The Bertz CT molecular complexity index is 1220. The maximum Gasteiger partial charge on any atom is 0.250 e. The Labute approximate surface area is 236 Å². The van der Waals surface area contributed by atoms with E-state index in [4.69, 9.17) is 10.5 Å². The average Bonchev–Trinajstić information content (AvgIpc) is 3.28. The van der Waals surface area contributed by atoms with Crippen molar-refractivity contribution in [3.8, 4) is 11.5 Å². The van der Waals surface area contributed by atoms with Gasteiger partial charge in [-0.25, -0.2) is 5.01 Å². The van der Waals surface area contributed by atoms with E-state index in [0.29, 0.717) is 17.7 Å². The molecule has 212 valence electrons. The molecule has 1 amide bonds. The molecular weight excluding hydrogens is 502 g/mol. The van der Waals surface area contributed by atoms with Gasteiger partial charge in [0.25, 0.3) is 0 Å². The summed E-state index contributed by atoms with van der Waals surface area (Å²) >= 11 is 0. The molecule has 4 fully saturated rings. The topological polar surface area (TPSA) is 89.3 Å². The summed E-state index contributed by atoms with van der Waals surface area (Å²) in [7, 11) is 0. The van der Waals surface area contributed by atoms with Crippen molar-refractivity contribution in [3.63, 3.8) is 0 Å². The van der Waals surface area contributed by atoms with Crippen molar-refractivity contribution in [1.82, 2.24) is 30.5 Å². The molecule has 4 saturated heterocycles. The van der Waals surface area contributed by atoms with Crippen LogP contribution in [0.15, 0.2) is 66.0 Å². The van der Waals surface area contributed by atoms with Gasteiger partial charge < -0.3 is 21.1 Å². The van der Waals surface area contributed by atoms with Gasteiger partial charge in [0, 0.05) is 71.0 Å². The summed E-state index contributed by atoms with van der Waals surface area (Å²) in [6.07, 6.45) is 3.21. The Morgan fingerprint density at radius 1 is 0.925 bits per heavy atom. The lowest BCUT2D eigenvalue weighted by molar-refractivity contribution is -0.115. The summed E-state index contributed by atoms with van der Waals surface area (Å²) in [5, 5.41) is 11.7. The van der Waals surface area contributed by atoms with Gasteiger partial charge in [-0.15, -0.1) is 0 Å². The number of para-hydroxylation sites is 1. The molecule has 0 saturated carbocycles. The van der Waals surface area contributed by atoms with E-state index >= 15 is 0 Å². The fourth-order valence-corrected chi connectivity index (χ4v) is 7.11. The highest BCUT2D eigenvalue weighted by molar-refractivity contribution is 5.94. The van der Waals surface area contributed by atoms with Crippen molar-refractivity contribution in [1.29, 1.82) is 0 Å². The number of hydrogen-bond donors (Lipinski definition) is 3. The minimum absolute atomic E-state index is 0.198. The van der Waals surface area contributed by atoms with Gasteiger partial charge in [0.15, 0.2) is 0 Å². The molecule has 2 aromatic rings. The van der Waals surface area contributed by atoms with Crippen LogP contribution in [0.1, 0.15) is 30.9 Å². The Balaban J connectivity index is 1.07. The number of carbonyl (C=O) groups excluding carboxylic acids is 1. The molecule has 1 unspecified atom stereocenters. The zero-order valence-electron chi connectivity index (χ0n) is 23.2. The number of piperidine rings is 1. The molecule has 9 nitrogen and oxygen atoms in total. The fourth-order valence-electron chi connectivity index (χ4n) is 7.11. The normalized spacial score (nSPS) is 25.3. The molecule has 9 heteroatoms. The van der Waals surface area contributed by atoms with E-state index < -0.39 is 0 Å². The van der Waals surface area contributed by atoms with Gasteiger partial charge in [-0.1, -0.05) is 30.3 Å². The van der Waals surface area contributed by atoms with E-state index in [1.54, 1.807) is 0 Å². The van der Waals surface area contributed by atoms with Crippen LogP contribution in [-0.2, 0) is 4.79 Å². The number of fused-ring (bicyclic) bond motifs is 1. The van der Waals surface area contributed by atoms with E-state index in [1.807, 2.05) is 42.5 Å². The second kappa shape index (κ2) is 11.0. The number of nitrogens with two attached hydrogens (primary N) is 1. The molecule has 40 heavy (non-hydrogen) atoms. The minimum Gasteiger partial charge on any atom is -0.457 e. The number of ether oxygens (including phenoxy) is 1. The third kappa shape index (κ3) is 4.96. The van der Waals surface area contributed by atoms with E-state index in [2.05, 4.69) is 42.6 Å². The molecule has 7 rings (SSSR count). The van der Waals surface area contributed by atoms with Crippen LogP contribution in [0.3, 0.4) is 0 Å². The Morgan fingerprint density at radius 3 is 2.33 bits per heavy atom. The zero-order chi connectivity index (χ0) is 27.1. The summed E-state index contributed by atoms with van der Waals surface area (Å²) in [4.78, 5) is 18.2. The number of hydrogen-bond acceptors (Lipinski definition) is 8. The highest BCUT2D eigenvalue weighted by Crippen LogP contribution is 2.44. The number of amides is 1. The second-order valence-electron chi connectivity index (χ2n) is 12.0. The number of likely N-dealkylation sites (tertiary alicyclic amines) is 2. The van der Waals surface area contributed by atoms with Gasteiger partial charge in [-0.05, 0) is 55.0 Å². The fraction of sp³-hybridized carbons (Fsp3) is 0.516. The molecule has 0 spiro atoms. The first kappa shape index (κ1) is 25.8. The predicted molar refractivity (Wildman–Crippen MR) is 154 cm³/mol. The van der Waals surface area contributed by atoms with Crippen molar-refractivity contribution in [2.75, 3.05) is 58.9 Å². The maximum absolute atomic E-state index is 12.9. The number of primary amides is 1. The zero-order valence-corrected chi connectivity index (χ0v) is 23.2. The molecule has 0 aliphatic carbocycles. The monoisotopic (exact) mass is 543 g/mol. The highest BCUT2D eigenvalue weighted by atomic mass is 16.5. The molecule has 4 N–H and O–H groups in total. The van der Waals surface area contributed by atoms with Crippen LogP contribution in [0, 0.1) is 5.92 Å².